The van der Waals surface area contributed by atoms with Crippen molar-refractivity contribution >= 4 is 45.4 Å². The van der Waals surface area contributed by atoms with Gasteiger partial charge in [0, 0.05) is 0 Å². The molecule has 0 saturated carbocycles. The topological polar surface area (TPSA) is 12.9 Å². The van der Waals surface area contributed by atoms with E-state index in [1.807, 2.05) is 12.3 Å². The summed E-state index contributed by atoms with van der Waals surface area (Å²) in [6.45, 7) is 0. The Morgan fingerprint density at radius 1 is 0.773 bits per heavy atom. The molecule has 0 saturated heterocycles. The van der Waals surface area contributed by atoms with E-state index in [0.717, 1.165) is 4.83 Å². The zero-order valence-corrected chi connectivity index (χ0v) is 14.3. The van der Waals surface area contributed by atoms with E-state index in [4.69, 9.17) is 0 Å². The number of hydrogen-bond donors (Lipinski definition) is 0. The number of fused-ring (bicyclic) bond motifs is 1. The first-order valence-corrected chi connectivity index (χ1v) is 9.60. The molecule has 2 aromatic heterocycles. The first-order valence-electron chi connectivity index (χ1n) is 7.08. The van der Waals surface area contributed by atoms with Crippen molar-refractivity contribution in [1.82, 2.24) is 4.98 Å². The summed E-state index contributed by atoms with van der Waals surface area (Å²) < 4.78 is 2.84. The van der Waals surface area contributed by atoms with E-state index in [1.54, 1.807) is 11.3 Å². The molecule has 3 heteroatoms. The zero-order chi connectivity index (χ0) is 14.8. The van der Waals surface area contributed by atoms with Gasteiger partial charge >= 0.3 is 140 Å². The molecule has 0 amide bonds. The van der Waals surface area contributed by atoms with E-state index in [0.29, 0.717) is 0 Å². The van der Waals surface area contributed by atoms with Gasteiger partial charge in [-0.1, -0.05) is 0 Å². The van der Waals surface area contributed by atoms with Crippen LogP contribution >= 0.6 is 11.3 Å². The number of benzene rings is 2. The third-order valence-corrected chi connectivity index (χ3v) is 7.26. The maximum atomic E-state index is 4.56. The van der Waals surface area contributed by atoms with Crippen molar-refractivity contribution in [3.05, 3.63) is 79.0 Å². The van der Waals surface area contributed by atoms with Crippen LogP contribution in [-0.2, 0) is 0 Å². The van der Waals surface area contributed by atoms with Crippen LogP contribution in [0.1, 0.15) is 0 Å². The summed E-state index contributed by atoms with van der Waals surface area (Å²) in [6, 6.07) is 25.6. The monoisotopic (exact) mass is 367 g/mol. The fraction of sp³-hybridized carbons (Fsp3) is 0. The van der Waals surface area contributed by atoms with Crippen LogP contribution in [0.3, 0.4) is 0 Å². The molecule has 0 aliphatic rings. The first-order chi connectivity index (χ1) is 10.9. The Morgan fingerprint density at radius 3 is 2.27 bits per heavy atom. The summed E-state index contributed by atoms with van der Waals surface area (Å²) in [7, 11) is 0. The minimum atomic E-state index is 0.285. The van der Waals surface area contributed by atoms with Crippen LogP contribution in [0.5, 0.6) is 0 Å². The normalized spacial score (nSPS) is 10.9. The quantitative estimate of drug-likeness (QED) is 0.505. The molecule has 0 radical (unpaired) electrons. The maximum absolute atomic E-state index is 4.56. The summed E-state index contributed by atoms with van der Waals surface area (Å²) in [4.78, 5) is 7.05. The molecule has 0 unspecified atom stereocenters. The predicted octanol–water partition coefficient (Wildman–Crippen LogP) is 3.62. The van der Waals surface area contributed by atoms with Gasteiger partial charge in [0.2, 0.25) is 0 Å². The number of hydrogen-bond acceptors (Lipinski definition) is 2. The number of pyridine rings is 1. The van der Waals surface area contributed by atoms with Crippen molar-refractivity contribution in [2.24, 2.45) is 0 Å². The van der Waals surface area contributed by atoms with Gasteiger partial charge in [-0.25, -0.2) is 0 Å². The van der Waals surface area contributed by atoms with Crippen LogP contribution < -0.4 is 8.92 Å². The van der Waals surface area contributed by atoms with Crippen LogP contribution in [-0.4, -0.2) is 19.9 Å². The van der Waals surface area contributed by atoms with Crippen LogP contribution in [0, 0.1) is 0 Å². The molecule has 2 heterocycles. The molecule has 22 heavy (non-hydrogen) atoms. The number of nitrogens with zero attached hydrogens (tertiary/aromatic N) is 1. The molecule has 0 bridgehead atoms. The average Bonchev–Trinajstić information content (AvgIpc) is 2.95. The van der Waals surface area contributed by atoms with Crippen molar-refractivity contribution in [1.29, 1.82) is 0 Å². The Morgan fingerprint density at radius 2 is 1.50 bits per heavy atom. The third kappa shape index (κ3) is 2.59. The van der Waals surface area contributed by atoms with Crippen LogP contribution in [0.4, 0.5) is 0 Å². The summed E-state index contributed by atoms with van der Waals surface area (Å²) in [6.07, 6.45) is 1.88. The van der Waals surface area contributed by atoms with Crippen molar-refractivity contribution in [3.8, 4) is 10.4 Å². The fourth-order valence-electron chi connectivity index (χ4n) is 2.40. The first kappa shape index (κ1) is 13.7. The van der Waals surface area contributed by atoms with Gasteiger partial charge in [0.05, 0.1) is 0 Å². The Hall–Kier alpha value is -1.93. The van der Waals surface area contributed by atoms with Gasteiger partial charge in [0.15, 0.2) is 0 Å². The molecule has 0 fully saturated rings. The number of aromatic nitrogens is 1. The Labute approximate surface area is 139 Å². The minimum absolute atomic E-state index is 0.285. The van der Waals surface area contributed by atoms with Gasteiger partial charge in [0.1, 0.15) is 0 Å². The van der Waals surface area contributed by atoms with Gasteiger partial charge in [-0.15, -0.1) is 0 Å². The van der Waals surface area contributed by atoms with E-state index in [-0.39, 0.29) is 15.0 Å². The van der Waals surface area contributed by atoms with Gasteiger partial charge in [-0.3, -0.25) is 0 Å². The van der Waals surface area contributed by atoms with Crippen LogP contribution in [0.15, 0.2) is 79.0 Å². The van der Waals surface area contributed by atoms with Crippen molar-refractivity contribution in [2.45, 2.75) is 0 Å². The Balaban J connectivity index is 1.91. The van der Waals surface area contributed by atoms with E-state index >= 15 is 0 Å². The summed E-state index contributed by atoms with van der Waals surface area (Å²) in [5, 5.41) is 1.30. The van der Waals surface area contributed by atoms with E-state index in [9.17, 15) is 0 Å². The second-order valence-corrected chi connectivity index (χ2v) is 8.17. The summed E-state index contributed by atoms with van der Waals surface area (Å²) in [5.41, 5.74) is 1.29. The average molecular weight is 366 g/mol. The predicted molar refractivity (Wildman–Crippen MR) is 96.5 cm³/mol. The molecule has 0 aliphatic heterocycles. The summed E-state index contributed by atoms with van der Waals surface area (Å²) in [5.74, 6) is 0. The van der Waals surface area contributed by atoms with Gasteiger partial charge < -0.3 is 0 Å². The van der Waals surface area contributed by atoms with E-state index < -0.39 is 0 Å². The Bertz CT molecular complexity index is 901. The fourth-order valence-corrected chi connectivity index (χ4v) is 6.19. The van der Waals surface area contributed by atoms with Crippen molar-refractivity contribution in [3.63, 3.8) is 0 Å². The van der Waals surface area contributed by atoms with Gasteiger partial charge in [-0.2, -0.15) is 0 Å². The number of rotatable bonds is 3. The molecule has 4 rings (SSSR count). The molecule has 0 atom stereocenters. The standard InChI is InChI=1S/C19H13NSSe/c1-3-8-14(9-4-1)17-18(22-15-10-5-2-6-11-15)16-12-7-13-20-19(16)21-17/h1-13H. The van der Waals surface area contributed by atoms with Crippen molar-refractivity contribution < 1.29 is 0 Å². The molecular weight excluding hydrogens is 353 g/mol. The molecule has 4 aromatic rings. The Kier molecular flexibility index (Phi) is 3.77. The van der Waals surface area contributed by atoms with Crippen LogP contribution in [0.25, 0.3) is 20.7 Å². The molecule has 0 N–H and O–H groups in total. The third-order valence-electron chi connectivity index (χ3n) is 3.42. The van der Waals surface area contributed by atoms with Crippen LogP contribution in [0.2, 0.25) is 0 Å². The second kappa shape index (κ2) is 6.05. The molecule has 2 aromatic carbocycles. The number of thiophene rings is 1. The molecule has 106 valence electrons. The zero-order valence-electron chi connectivity index (χ0n) is 11.8. The molecule has 0 spiro atoms. The van der Waals surface area contributed by atoms with E-state index in [1.165, 1.54) is 24.8 Å². The SMILES string of the molecule is c1ccc([Se]c2c(-c3ccccc3)sc3ncccc23)cc1. The van der Waals surface area contributed by atoms with Gasteiger partial charge in [0.25, 0.3) is 0 Å². The molecule has 0 aliphatic carbocycles. The molecule has 1 nitrogen and oxygen atoms in total. The summed E-state index contributed by atoms with van der Waals surface area (Å²) >= 11 is 2.09. The molecular formula is C19H13NSSe. The second-order valence-electron chi connectivity index (χ2n) is 4.90. The van der Waals surface area contributed by atoms with Crippen molar-refractivity contribution in [2.75, 3.05) is 0 Å². The van der Waals surface area contributed by atoms with Gasteiger partial charge in [-0.05, 0) is 0 Å². The van der Waals surface area contributed by atoms with E-state index in [2.05, 4.69) is 71.7 Å².